The minimum Gasteiger partial charge on any atom is -0.496 e. The van der Waals surface area contributed by atoms with E-state index in [0.717, 1.165) is 25.7 Å². The van der Waals surface area contributed by atoms with Crippen molar-refractivity contribution in [3.8, 4) is 5.75 Å². The Balaban J connectivity index is 2.21. The van der Waals surface area contributed by atoms with Crippen LogP contribution in [0.3, 0.4) is 0 Å². The Morgan fingerprint density at radius 2 is 1.91 bits per heavy atom. The molecule has 1 fully saturated rings. The molecule has 22 heavy (non-hydrogen) atoms. The highest BCUT2D eigenvalue weighted by Crippen LogP contribution is 2.26. The number of carbonyl (C=O) groups excluding carboxylic acids is 1. The van der Waals surface area contributed by atoms with Gasteiger partial charge in [-0.25, -0.2) is 0 Å². The summed E-state index contributed by atoms with van der Waals surface area (Å²) in [5, 5.41) is 10.6. The van der Waals surface area contributed by atoms with Crippen LogP contribution in [-0.2, 0) is 4.74 Å². The van der Waals surface area contributed by atoms with Gasteiger partial charge in [-0.2, -0.15) is 0 Å². The molecule has 3 atom stereocenters. The van der Waals surface area contributed by atoms with Gasteiger partial charge in [0.1, 0.15) is 11.9 Å². The van der Waals surface area contributed by atoms with E-state index in [9.17, 15) is 9.90 Å². The molecule has 0 bridgehead atoms. The molecule has 2 rings (SSSR count). The SMILES string of the molecule is COc1ccccc1C(=O)N(C)[C@@H]1CCCC[C@@H](OC)[C@@H]1O. The lowest BCUT2D eigenvalue weighted by atomic mass is 10.0. The Kier molecular flexibility index (Phi) is 5.80. The number of benzene rings is 1. The molecule has 1 aromatic rings. The van der Waals surface area contributed by atoms with Crippen LogP contribution in [0.15, 0.2) is 24.3 Å². The van der Waals surface area contributed by atoms with Crippen molar-refractivity contribution in [2.24, 2.45) is 0 Å². The maximum atomic E-state index is 12.8. The van der Waals surface area contributed by atoms with Crippen LogP contribution in [-0.4, -0.2) is 55.4 Å². The summed E-state index contributed by atoms with van der Waals surface area (Å²) in [7, 11) is 4.90. The number of likely N-dealkylation sites (N-methyl/N-ethyl adjacent to an activating group) is 1. The molecule has 1 aromatic carbocycles. The van der Waals surface area contributed by atoms with Crippen molar-refractivity contribution >= 4 is 5.91 Å². The molecule has 0 aliphatic heterocycles. The Bertz CT molecular complexity index is 505. The first-order valence-corrected chi connectivity index (χ1v) is 7.71. The number of methoxy groups -OCH3 is 2. The van der Waals surface area contributed by atoms with Crippen molar-refractivity contribution in [2.45, 2.75) is 43.9 Å². The molecule has 1 saturated carbocycles. The number of amides is 1. The Hall–Kier alpha value is -1.59. The van der Waals surface area contributed by atoms with Crippen LogP contribution in [0, 0.1) is 0 Å². The molecular formula is C17H25NO4. The lowest BCUT2D eigenvalue weighted by molar-refractivity contribution is -0.0463. The zero-order chi connectivity index (χ0) is 16.1. The molecule has 0 radical (unpaired) electrons. The molecular weight excluding hydrogens is 282 g/mol. The molecule has 0 aromatic heterocycles. The van der Waals surface area contributed by atoms with Gasteiger partial charge >= 0.3 is 0 Å². The lowest BCUT2D eigenvalue weighted by Gasteiger charge is -2.33. The number of rotatable bonds is 4. The average Bonchev–Trinajstić information content (AvgIpc) is 2.74. The molecule has 1 N–H and O–H groups in total. The first kappa shape index (κ1) is 16.8. The zero-order valence-electron chi connectivity index (χ0n) is 13.5. The van der Waals surface area contributed by atoms with Crippen molar-refractivity contribution < 1.29 is 19.4 Å². The smallest absolute Gasteiger partial charge is 0.257 e. The molecule has 1 aliphatic rings. The van der Waals surface area contributed by atoms with Crippen LogP contribution < -0.4 is 4.74 Å². The summed E-state index contributed by atoms with van der Waals surface area (Å²) >= 11 is 0. The third-order valence-corrected chi connectivity index (χ3v) is 4.47. The topological polar surface area (TPSA) is 59.0 Å². The highest BCUT2D eigenvalue weighted by Gasteiger charge is 2.35. The minimum absolute atomic E-state index is 0.141. The van der Waals surface area contributed by atoms with E-state index < -0.39 is 6.10 Å². The number of hydrogen-bond acceptors (Lipinski definition) is 4. The van der Waals surface area contributed by atoms with Crippen LogP contribution in [0.2, 0.25) is 0 Å². The second kappa shape index (κ2) is 7.61. The third kappa shape index (κ3) is 3.42. The van der Waals surface area contributed by atoms with Gasteiger partial charge in [0.15, 0.2) is 0 Å². The van der Waals surface area contributed by atoms with Gasteiger partial charge in [-0.3, -0.25) is 4.79 Å². The quantitative estimate of drug-likeness (QED) is 0.865. The average molecular weight is 307 g/mol. The Morgan fingerprint density at radius 1 is 1.23 bits per heavy atom. The second-order valence-corrected chi connectivity index (χ2v) is 5.73. The van der Waals surface area contributed by atoms with E-state index in [2.05, 4.69) is 0 Å². The van der Waals surface area contributed by atoms with Crippen molar-refractivity contribution in [3.05, 3.63) is 29.8 Å². The highest BCUT2D eigenvalue weighted by atomic mass is 16.5. The standard InChI is InChI=1S/C17H25NO4/c1-18(13-9-5-7-11-15(22-3)16(13)19)17(20)12-8-4-6-10-14(12)21-2/h4,6,8,10,13,15-16,19H,5,7,9,11H2,1-3H3/t13-,15-,16-/m1/s1. The molecule has 122 valence electrons. The van der Waals surface area contributed by atoms with Crippen molar-refractivity contribution in [2.75, 3.05) is 21.3 Å². The summed E-state index contributed by atoms with van der Waals surface area (Å²) in [5.41, 5.74) is 0.512. The number of hydrogen-bond donors (Lipinski definition) is 1. The summed E-state index contributed by atoms with van der Waals surface area (Å²) in [6, 6.07) is 6.91. The van der Waals surface area contributed by atoms with Crippen molar-refractivity contribution in [1.29, 1.82) is 0 Å². The third-order valence-electron chi connectivity index (χ3n) is 4.47. The fourth-order valence-electron chi connectivity index (χ4n) is 3.13. The first-order valence-electron chi connectivity index (χ1n) is 7.71. The number of nitrogens with zero attached hydrogens (tertiary/aromatic N) is 1. The van der Waals surface area contributed by atoms with E-state index in [1.807, 2.05) is 12.1 Å². The van der Waals surface area contributed by atoms with Crippen LogP contribution >= 0.6 is 0 Å². The summed E-state index contributed by atoms with van der Waals surface area (Å²) in [5.74, 6) is 0.406. The van der Waals surface area contributed by atoms with Gasteiger partial charge in [-0.1, -0.05) is 25.0 Å². The van der Waals surface area contributed by atoms with Gasteiger partial charge < -0.3 is 19.5 Å². The monoisotopic (exact) mass is 307 g/mol. The Labute approximate surface area is 131 Å². The van der Waals surface area contributed by atoms with E-state index in [0.29, 0.717) is 11.3 Å². The maximum Gasteiger partial charge on any atom is 0.257 e. The van der Waals surface area contributed by atoms with Gasteiger partial charge in [0.2, 0.25) is 0 Å². The molecule has 0 heterocycles. The van der Waals surface area contributed by atoms with Crippen LogP contribution in [0.1, 0.15) is 36.0 Å². The van der Waals surface area contributed by atoms with E-state index in [-0.39, 0.29) is 18.1 Å². The Morgan fingerprint density at radius 3 is 2.59 bits per heavy atom. The first-order chi connectivity index (χ1) is 10.6. The van der Waals surface area contributed by atoms with E-state index in [1.165, 1.54) is 0 Å². The van der Waals surface area contributed by atoms with Crippen molar-refractivity contribution in [3.63, 3.8) is 0 Å². The number of carbonyl (C=O) groups is 1. The minimum atomic E-state index is -0.670. The van der Waals surface area contributed by atoms with Crippen LogP contribution in [0.5, 0.6) is 5.75 Å². The summed E-state index contributed by atoms with van der Waals surface area (Å²) in [6.07, 6.45) is 2.69. The molecule has 1 amide bonds. The van der Waals surface area contributed by atoms with Gasteiger partial charge in [0.25, 0.3) is 5.91 Å². The largest absolute Gasteiger partial charge is 0.496 e. The highest BCUT2D eigenvalue weighted by molar-refractivity contribution is 5.97. The number of aliphatic hydroxyl groups is 1. The van der Waals surface area contributed by atoms with Crippen LogP contribution in [0.4, 0.5) is 0 Å². The molecule has 1 aliphatic carbocycles. The van der Waals surface area contributed by atoms with Gasteiger partial charge in [-0.05, 0) is 25.0 Å². The van der Waals surface area contributed by atoms with E-state index in [4.69, 9.17) is 9.47 Å². The summed E-state index contributed by atoms with van der Waals surface area (Å²) in [4.78, 5) is 14.4. The molecule has 0 saturated heterocycles. The molecule has 0 unspecified atom stereocenters. The van der Waals surface area contributed by atoms with Gasteiger partial charge in [-0.15, -0.1) is 0 Å². The number of aliphatic hydroxyl groups excluding tert-OH is 1. The fourth-order valence-corrected chi connectivity index (χ4v) is 3.13. The van der Waals surface area contributed by atoms with E-state index >= 15 is 0 Å². The normalized spacial score (nSPS) is 25.4. The lowest BCUT2D eigenvalue weighted by Crippen LogP contribution is -2.49. The summed E-state index contributed by atoms with van der Waals surface area (Å²) in [6.45, 7) is 0. The van der Waals surface area contributed by atoms with Crippen LogP contribution in [0.25, 0.3) is 0 Å². The van der Waals surface area contributed by atoms with Gasteiger partial charge in [0, 0.05) is 14.2 Å². The predicted molar refractivity (Wildman–Crippen MR) is 84.1 cm³/mol. The second-order valence-electron chi connectivity index (χ2n) is 5.73. The maximum absolute atomic E-state index is 12.8. The number of para-hydroxylation sites is 1. The predicted octanol–water partition coefficient (Wildman–Crippen LogP) is 2.09. The van der Waals surface area contributed by atoms with E-state index in [1.54, 1.807) is 38.3 Å². The molecule has 5 heteroatoms. The summed E-state index contributed by atoms with van der Waals surface area (Å²) < 4.78 is 10.6. The fraction of sp³-hybridized carbons (Fsp3) is 0.588. The van der Waals surface area contributed by atoms with Gasteiger partial charge in [0.05, 0.1) is 24.8 Å². The zero-order valence-corrected chi connectivity index (χ0v) is 13.5. The molecule has 5 nitrogen and oxygen atoms in total. The molecule has 0 spiro atoms. The number of ether oxygens (including phenoxy) is 2. The van der Waals surface area contributed by atoms with Crippen molar-refractivity contribution in [1.82, 2.24) is 4.90 Å².